The van der Waals surface area contributed by atoms with Crippen molar-refractivity contribution in [2.45, 2.75) is 45.6 Å². The Morgan fingerprint density at radius 2 is 1.62 bits per heavy atom. The average molecular weight is 474 g/mol. The maximum atomic E-state index is 2.71. The fourth-order valence-electron chi connectivity index (χ4n) is 4.30. The molecule has 0 amide bonds. The Hall–Kier alpha value is 0.337. The van der Waals surface area contributed by atoms with Crippen LogP contribution in [0.2, 0.25) is 32.7 Å². The van der Waals surface area contributed by atoms with E-state index >= 15 is 0 Å². The van der Waals surface area contributed by atoms with Crippen molar-refractivity contribution < 1.29 is 44.9 Å². The van der Waals surface area contributed by atoms with E-state index in [9.17, 15) is 0 Å². The Kier molecular flexibility index (Phi) is 7.79. The Morgan fingerprint density at radius 1 is 0.958 bits per heavy atom. The van der Waals surface area contributed by atoms with Gasteiger partial charge in [0.25, 0.3) is 0 Å². The van der Waals surface area contributed by atoms with Gasteiger partial charge in [0.1, 0.15) is 0 Å². The smallest absolute Gasteiger partial charge is 1.00 e. The quantitative estimate of drug-likeness (QED) is 0.526. The van der Waals surface area contributed by atoms with Gasteiger partial charge >= 0.3 is 144 Å². The first kappa shape index (κ1) is 22.4. The maximum absolute atomic E-state index is 2.71. The molecule has 0 aromatic heterocycles. The molecular formula is C19H27Cl2Si2Zr. The molecule has 0 saturated carbocycles. The van der Waals surface area contributed by atoms with E-state index in [-0.39, 0.29) is 24.8 Å². The van der Waals surface area contributed by atoms with E-state index in [0.29, 0.717) is 0 Å². The molecule has 0 spiro atoms. The molecule has 129 valence electrons. The molecule has 2 aliphatic carbocycles. The van der Waals surface area contributed by atoms with Crippen LogP contribution in [-0.4, -0.2) is 10.4 Å². The standard InChI is InChI=1S/C11H13Si.C5H5.C3H9Si.2ClH.Zr/c1-12(2)11-7-9-5-3-4-6-10(9)8-11;1-2-4-5-3-1;1-4(2)3;;;/h3-7H,8H2,1-2H3;1-3H,4H2;1-3H3;2*1H;/q;;;;;+2/p-2. The summed E-state index contributed by atoms with van der Waals surface area (Å²) in [7, 11) is 0. The van der Waals surface area contributed by atoms with Crippen LogP contribution in [0, 0.1) is 0 Å². The number of halogens is 2. The summed E-state index contributed by atoms with van der Waals surface area (Å²) in [6.45, 7) is 13.4. The zero-order chi connectivity index (χ0) is 16.0. The van der Waals surface area contributed by atoms with Crippen molar-refractivity contribution in [2.75, 3.05) is 0 Å². The predicted octanol–water partition coefficient (Wildman–Crippen LogP) is -0.325. The number of rotatable bonds is 4. The van der Waals surface area contributed by atoms with Gasteiger partial charge in [-0.2, -0.15) is 0 Å². The number of benzene rings is 1. The van der Waals surface area contributed by atoms with Gasteiger partial charge in [-0.3, -0.25) is 0 Å². The molecule has 0 unspecified atom stereocenters. The normalized spacial score (nSPS) is 15.9. The van der Waals surface area contributed by atoms with E-state index in [0.717, 1.165) is 0 Å². The van der Waals surface area contributed by atoms with Gasteiger partial charge in [0.2, 0.25) is 0 Å². The zero-order valence-electron chi connectivity index (χ0n) is 15.3. The van der Waals surface area contributed by atoms with Crippen LogP contribution in [0.25, 0.3) is 6.08 Å². The van der Waals surface area contributed by atoms with Crippen LogP contribution in [0.5, 0.6) is 0 Å². The van der Waals surface area contributed by atoms with E-state index in [4.69, 9.17) is 0 Å². The Balaban J connectivity index is 0.00000144. The molecule has 0 fully saturated rings. The first-order valence-corrected chi connectivity index (χ1v) is 23.4. The van der Waals surface area contributed by atoms with Crippen molar-refractivity contribution in [3.63, 3.8) is 0 Å². The summed E-state index contributed by atoms with van der Waals surface area (Å²) < 4.78 is 1.91. The minimum atomic E-state index is -1.57. The topological polar surface area (TPSA) is 0 Å². The fraction of sp³-hybridized carbons (Fsp3) is 0.368. The molecule has 0 bridgehead atoms. The van der Waals surface area contributed by atoms with Crippen LogP contribution in [0.3, 0.4) is 0 Å². The third-order valence-electron chi connectivity index (χ3n) is 5.04. The van der Waals surface area contributed by atoms with Gasteiger partial charge in [-0.1, -0.05) is 0 Å². The van der Waals surface area contributed by atoms with Gasteiger partial charge in [-0.15, -0.1) is 0 Å². The van der Waals surface area contributed by atoms with Gasteiger partial charge in [-0.25, -0.2) is 0 Å². The molecule has 0 aliphatic heterocycles. The predicted molar refractivity (Wildman–Crippen MR) is 101 cm³/mol. The van der Waals surface area contributed by atoms with E-state index in [2.05, 4.69) is 81.3 Å². The molecule has 1 aromatic carbocycles. The molecule has 0 radical (unpaired) electrons. The minimum absolute atomic E-state index is 0. The summed E-state index contributed by atoms with van der Waals surface area (Å²) in [5, 5.41) is -0.490. The monoisotopic (exact) mass is 471 g/mol. The van der Waals surface area contributed by atoms with Crippen molar-refractivity contribution in [2.24, 2.45) is 0 Å². The molecule has 2 aliphatic rings. The molecule has 5 heteroatoms. The Bertz CT molecular complexity index is 685. The molecular weight excluding hydrogens is 447 g/mol. The van der Waals surface area contributed by atoms with Crippen molar-refractivity contribution in [1.82, 2.24) is 0 Å². The summed E-state index contributed by atoms with van der Waals surface area (Å²) in [6.07, 6.45) is 12.3. The number of hydrogen-bond donors (Lipinski definition) is 0. The van der Waals surface area contributed by atoms with Gasteiger partial charge in [0.15, 0.2) is 0 Å². The molecule has 0 heterocycles. The van der Waals surface area contributed by atoms with E-state index < -0.39 is 30.5 Å². The minimum Gasteiger partial charge on any atom is -1.00 e. The number of fused-ring (bicyclic) bond motifs is 1. The van der Waals surface area contributed by atoms with E-state index in [1.54, 1.807) is 5.56 Å². The molecule has 24 heavy (non-hydrogen) atoms. The van der Waals surface area contributed by atoms with Crippen molar-refractivity contribution in [3.8, 4) is 0 Å². The van der Waals surface area contributed by atoms with Gasteiger partial charge in [-0.05, 0) is 0 Å². The maximum Gasteiger partial charge on any atom is -1.00 e. The third kappa shape index (κ3) is 4.35. The van der Waals surface area contributed by atoms with Crippen molar-refractivity contribution in [1.29, 1.82) is 0 Å². The Labute approximate surface area is 167 Å². The molecule has 0 N–H and O–H groups in total. The summed E-state index contributed by atoms with van der Waals surface area (Å²) >= 11 is -1.57. The Morgan fingerprint density at radius 3 is 2.17 bits per heavy atom. The van der Waals surface area contributed by atoms with Crippen LogP contribution in [-0.2, 0) is 26.5 Å². The fourth-order valence-corrected chi connectivity index (χ4v) is 79.6. The van der Waals surface area contributed by atoms with E-state index in [1.165, 1.54) is 18.4 Å². The third-order valence-corrected chi connectivity index (χ3v) is 63.1. The SMILES string of the molecule is C[Si](C)(C)[Zr+2]([C]1=CC=CC1)[Si](C)(C)C1=Cc2ccccc2C1.[Cl-].[Cl-]. The molecule has 1 aromatic rings. The van der Waals surface area contributed by atoms with Crippen LogP contribution >= 0.6 is 0 Å². The molecule has 0 nitrogen and oxygen atoms in total. The second-order valence-corrected chi connectivity index (χ2v) is 49.1. The first-order valence-electron chi connectivity index (χ1n) is 8.33. The average Bonchev–Trinajstić information content (AvgIpc) is 3.04. The van der Waals surface area contributed by atoms with E-state index in [1.807, 2.05) is 8.48 Å². The second kappa shape index (κ2) is 8.35. The van der Waals surface area contributed by atoms with Gasteiger partial charge in [0.05, 0.1) is 0 Å². The largest absolute Gasteiger partial charge is 1.00 e. The van der Waals surface area contributed by atoms with Gasteiger partial charge < -0.3 is 24.8 Å². The summed E-state index contributed by atoms with van der Waals surface area (Å²) in [5.74, 6) is 0. The van der Waals surface area contributed by atoms with Gasteiger partial charge in [0, 0.05) is 0 Å². The number of allylic oxidation sites excluding steroid dienone is 5. The summed E-state index contributed by atoms with van der Waals surface area (Å²) in [6, 6.07) is 9.03. The van der Waals surface area contributed by atoms with Crippen LogP contribution in [0.15, 0.2) is 51.0 Å². The first-order chi connectivity index (χ1) is 10.3. The number of hydrogen-bond acceptors (Lipinski definition) is 0. The summed E-state index contributed by atoms with van der Waals surface area (Å²) in [5.41, 5.74) is 3.06. The zero-order valence-corrected chi connectivity index (χ0v) is 21.3. The summed E-state index contributed by atoms with van der Waals surface area (Å²) in [4.78, 5) is 0. The molecule has 0 atom stereocenters. The van der Waals surface area contributed by atoms with Crippen molar-refractivity contribution >= 4 is 16.5 Å². The van der Waals surface area contributed by atoms with Crippen LogP contribution < -0.4 is 24.8 Å². The second-order valence-electron chi connectivity index (χ2n) is 8.12. The van der Waals surface area contributed by atoms with Crippen LogP contribution in [0.1, 0.15) is 17.5 Å². The molecule has 0 saturated heterocycles. The molecule has 3 rings (SSSR count). The van der Waals surface area contributed by atoms with Crippen molar-refractivity contribution in [3.05, 3.63) is 62.1 Å². The van der Waals surface area contributed by atoms with Crippen LogP contribution in [0.4, 0.5) is 0 Å².